The van der Waals surface area contributed by atoms with Crippen molar-refractivity contribution in [1.82, 2.24) is 0 Å². The average molecular weight is 272 g/mol. The third-order valence-corrected chi connectivity index (χ3v) is 3.89. The van der Waals surface area contributed by atoms with Crippen LogP contribution < -0.4 is 4.90 Å². The monoisotopic (exact) mass is 272 g/mol. The Labute approximate surface area is 119 Å². The van der Waals surface area contributed by atoms with Crippen LogP contribution in [0.5, 0.6) is 0 Å². The Balaban J connectivity index is 2.23. The molecule has 106 valence electrons. The highest BCUT2D eigenvalue weighted by atomic mass is 16.4. The third-order valence-electron chi connectivity index (χ3n) is 3.89. The van der Waals surface area contributed by atoms with E-state index in [2.05, 4.69) is 11.0 Å². The molecule has 1 aliphatic rings. The molecule has 0 amide bonds. The van der Waals surface area contributed by atoms with E-state index in [0.29, 0.717) is 5.56 Å². The van der Waals surface area contributed by atoms with E-state index in [1.165, 1.54) is 0 Å². The van der Waals surface area contributed by atoms with Gasteiger partial charge < -0.3 is 10.0 Å². The standard InChI is InChI=1S/C16H20N2O2/c1-16(2,11-17)8-10-18-9-4-6-12-13(15(19)20)5-3-7-14(12)18/h3,5,7H,4,6,8-10H2,1-2H3,(H,19,20). The van der Waals surface area contributed by atoms with Crippen LogP contribution in [0.3, 0.4) is 0 Å². The van der Waals surface area contributed by atoms with Gasteiger partial charge in [-0.15, -0.1) is 0 Å². The fourth-order valence-electron chi connectivity index (χ4n) is 2.60. The van der Waals surface area contributed by atoms with Crippen molar-refractivity contribution in [1.29, 1.82) is 5.26 Å². The number of anilines is 1. The predicted octanol–water partition coefficient (Wildman–Crippen LogP) is 3.08. The molecule has 0 saturated carbocycles. The molecule has 4 nitrogen and oxygen atoms in total. The minimum Gasteiger partial charge on any atom is -0.478 e. The molecular formula is C16H20N2O2. The lowest BCUT2D eigenvalue weighted by Gasteiger charge is -2.33. The van der Waals surface area contributed by atoms with Crippen LogP contribution in [0.2, 0.25) is 0 Å². The second-order valence-corrected chi connectivity index (χ2v) is 5.94. The van der Waals surface area contributed by atoms with Gasteiger partial charge in [-0.3, -0.25) is 0 Å². The SMILES string of the molecule is CC(C)(C#N)CCN1CCCc2c(C(=O)O)cccc21. The summed E-state index contributed by atoms with van der Waals surface area (Å²) in [6, 6.07) is 7.77. The van der Waals surface area contributed by atoms with E-state index in [1.54, 1.807) is 12.1 Å². The van der Waals surface area contributed by atoms with E-state index >= 15 is 0 Å². The van der Waals surface area contributed by atoms with Crippen molar-refractivity contribution in [3.63, 3.8) is 0 Å². The second kappa shape index (κ2) is 5.54. The molecule has 0 radical (unpaired) electrons. The first-order valence-electron chi connectivity index (χ1n) is 6.96. The number of hydrogen-bond acceptors (Lipinski definition) is 3. The Morgan fingerprint density at radius 1 is 1.50 bits per heavy atom. The van der Waals surface area contributed by atoms with Crippen molar-refractivity contribution in [3.8, 4) is 6.07 Å². The maximum atomic E-state index is 11.3. The summed E-state index contributed by atoms with van der Waals surface area (Å²) in [5.41, 5.74) is 2.01. The molecule has 0 spiro atoms. The quantitative estimate of drug-likeness (QED) is 0.914. The minimum absolute atomic E-state index is 0.345. The molecule has 1 aromatic rings. The van der Waals surface area contributed by atoms with Crippen LogP contribution in [0.4, 0.5) is 5.69 Å². The van der Waals surface area contributed by atoms with Gasteiger partial charge in [0.2, 0.25) is 0 Å². The number of carboxylic acid groups (broad SMARTS) is 1. The molecule has 1 N–H and O–H groups in total. The summed E-state index contributed by atoms with van der Waals surface area (Å²) in [5, 5.41) is 18.4. The summed E-state index contributed by atoms with van der Waals surface area (Å²) < 4.78 is 0. The van der Waals surface area contributed by atoms with Crippen molar-refractivity contribution >= 4 is 11.7 Å². The van der Waals surface area contributed by atoms with Gasteiger partial charge in [0.1, 0.15) is 0 Å². The Morgan fingerprint density at radius 2 is 2.25 bits per heavy atom. The Hall–Kier alpha value is -2.02. The molecule has 4 heteroatoms. The molecule has 2 rings (SSSR count). The molecule has 0 saturated heterocycles. The third kappa shape index (κ3) is 2.93. The number of aromatic carboxylic acids is 1. The van der Waals surface area contributed by atoms with Crippen molar-refractivity contribution in [2.24, 2.45) is 5.41 Å². The minimum atomic E-state index is -0.860. The number of fused-ring (bicyclic) bond motifs is 1. The van der Waals surface area contributed by atoms with Crippen LogP contribution in [0, 0.1) is 16.7 Å². The maximum absolute atomic E-state index is 11.3. The Kier molecular flexibility index (Phi) is 3.99. The lowest BCUT2D eigenvalue weighted by Crippen LogP contribution is -2.33. The molecule has 0 atom stereocenters. The highest BCUT2D eigenvalue weighted by Crippen LogP contribution is 2.31. The van der Waals surface area contributed by atoms with Gasteiger partial charge in [0.15, 0.2) is 0 Å². The first kappa shape index (κ1) is 14.4. The number of rotatable bonds is 4. The largest absolute Gasteiger partial charge is 0.478 e. The summed E-state index contributed by atoms with van der Waals surface area (Å²) >= 11 is 0. The second-order valence-electron chi connectivity index (χ2n) is 5.94. The zero-order chi connectivity index (χ0) is 14.8. The smallest absolute Gasteiger partial charge is 0.336 e. The van der Waals surface area contributed by atoms with Crippen LogP contribution in [-0.4, -0.2) is 24.2 Å². The normalized spacial score (nSPS) is 14.6. The average Bonchev–Trinajstić information content (AvgIpc) is 2.44. The van der Waals surface area contributed by atoms with Crippen molar-refractivity contribution < 1.29 is 9.90 Å². The summed E-state index contributed by atoms with van der Waals surface area (Å²) in [6.45, 7) is 5.59. The van der Waals surface area contributed by atoms with E-state index in [-0.39, 0.29) is 5.41 Å². The number of carbonyl (C=O) groups is 1. The van der Waals surface area contributed by atoms with E-state index < -0.39 is 5.97 Å². The van der Waals surface area contributed by atoms with Gasteiger partial charge >= 0.3 is 5.97 Å². The lowest BCUT2D eigenvalue weighted by atomic mass is 9.90. The van der Waals surface area contributed by atoms with E-state index in [4.69, 9.17) is 5.26 Å². The van der Waals surface area contributed by atoms with Crippen LogP contribution in [-0.2, 0) is 6.42 Å². The molecule has 0 fully saturated rings. The Bertz CT molecular complexity index is 558. The summed E-state index contributed by atoms with van der Waals surface area (Å²) in [7, 11) is 0. The zero-order valence-electron chi connectivity index (χ0n) is 12.0. The molecule has 0 unspecified atom stereocenters. The van der Waals surface area contributed by atoms with Gasteiger partial charge in [-0.1, -0.05) is 6.07 Å². The summed E-state index contributed by atoms with van der Waals surface area (Å²) in [4.78, 5) is 13.5. The first-order chi connectivity index (χ1) is 9.44. The molecule has 1 heterocycles. The van der Waals surface area contributed by atoms with Crippen LogP contribution in [0.25, 0.3) is 0 Å². The van der Waals surface area contributed by atoms with Gasteiger partial charge in [0.25, 0.3) is 0 Å². The van der Waals surface area contributed by atoms with Gasteiger partial charge in [0, 0.05) is 18.8 Å². The van der Waals surface area contributed by atoms with Gasteiger partial charge in [-0.25, -0.2) is 4.79 Å². The van der Waals surface area contributed by atoms with Crippen molar-refractivity contribution in [3.05, 3.63) is 29.3 Å². The van der Waals surface area contributed by atoms with Crippen molar-refractivity contribution in [2.45, 2.75) is 33.1 Å². The van der Waals surface area contributed by atoms with E-state index in [0.717, 1.165) is 43.6 Å². The number of hydrogen-bond donors (Lipinski definition) is 1. The molecule has 20 heavy (non-hydrogen) atoms. The number of nitriles is 1. The van der Waals surface area contributed by atoms with Gasteiger partial charge in [-0.2, -0.15) is 5.26 Å². The number of benzene rings is 1. The first-order valence-corrected chi connectivity index (χ1v) is 6.96. The highest BCUT2D eigenvalue weighted by molar-refractivity contribution is 5.91. The molecular weight excluding hydrogens is 252 g/mol. The topological polar surface area (TPSA) is 64.3 Å². The number of nitrogens with zero attached hydrogens (tertiary/aromatic N) is 2. The number of carboxylic acids is 1. The predicted molar refractivity (Wildman–Crippen MR) is 77.9 cm³/mol. The van der Waals surface area contributed by atoms with Gasteiger partial charge in [0.05, 0.1) is 17.0 Å². The maximum Gasteiger partial charge on any atom is 0.336 e. The summed E-state index contributed by atoms with van der Waals surface area (Å²) in [5.74, 6) is -0.860. The molecule has 1 aromatic carbocycles. The molecule has 1 aliphatic heterocycles. The lowest BCUT2D eigenvalue weighted by molar-refractivity contribution is 0.0695. The fraction of sp³-hybridized carbons (Fsp3) is 0.500. The van der Waals surface area contributed by atoms with Gasteiger partial charge in [-0.05, 0) is 50.8 Å². The Morgan fingerprint density at radius 3 is 2.90 bits per heavy atom. The zero-order valence-corrected chi connectivity index (χ0v) is 12.0. The van der Waals surface area contributed by atoms with Crippen LogP contribution in [0.1, 0.15) is 42.6 Å². The van der Waals surface area contributed by atoms with Crippen LogP contribution in [0.15, 0.2) is 18.2 Å². The van der Waals surface area contributed by atoms with Crippen LogP contribution >= 0.6 is 0 Å². The van der Waals surface area contributed by atoms with E-state index in [9.17, 15) is 9.90 Å². The highest BCUT2D eigenvalue weighted by Gasteiger charge is 2.24. The molecule has 0 bridgehead atoms. The van der Waals surface area contributed by atoms with E-state index in [1.807, 2.05) is 19.9 Å². The molecule has 0 aromatic heterocycles. The molecule has 0 aliphatic carbocycles. The van der Waals surface area contributed by atoms with Crippen molar-refractivity contribution in [2.75, 3.05) is 18.0 Å². The fourth-order valence-corrected chi connectivity index (χ4v) is 2.60. The summed E-state index contributed by atoms with van der Waals surface area (Å²) in [6.07, 6.45) is 2.56.